The minimum atomic E-state index is -0.160. The fourth-order valence-corrected chi connectivity index (χ4v) is 3.37. The fourth-order valence-electron chi connectivity index (χ4n) is 3.37. The van der Waals surface area contributed by atoms with E-state index in [4.69, 9.17) is 5.73 Å². The zero-order valence-corrected chi connectivity index (χ0v) is 12.6. The maximum absolute atomic E-state index is 13.4. The first-order valence-corrected chi connectivity index (χ1v) is 7.90. The predicted octanol–water partition coefficient (Wildman–Crippen LogP) is 3.95. The molecule has 0 bridgehead atoms. The van der Waals surface area contributed by atoms with E-state index in [0.717, 1.165) is 31.7 Å². The summed E-state index contributed by atoms with van der Waals surface area (Å²) in [4.78, 5) is 2.26. The van der Waals surface area contributed by atoms with Gasteiger partial charge in [0.2, 0.25) is 0 Å². The van der Waals surface area contributed by atoms with E-state index in [2.05, 4.69) is 11.8 Å². The molecule has 1 fully saturated rings. The Labute approximate surface area is 122 Å². The molecule has 1 aromatic carbocycles. The zero-order chi connectivity index (χ0) is 14.4. The van der Waals surface area contributed by atoms with Gasteiger partial charge in [-0.3, -0.25) is 0 Å². The Bertz CT molecular complexity index is 413. The monoisotopic (exact) mass is 278 g/mol. The molecule has 1 aromatic rings. The van der Waals surface area contributed by atoms with Gasteiger partial charge in [-0.1, -0.05) is 25.3 Å². The third-order valence-corrected chi connectivity index (χ3v) is 4.81. The lowest BCUT2D eigenvalue weighted by Crippen LogP contribution is -2.37. The fraction of sp³-hybridized carbons (Fsp3) is 0.647. The summed E-state index contributed by atoms with van der Waals surface area (Å²) < 4.78 is 13.4. The van der Waals surface area contributed by atoms with Gasteiger partial charge in [0.1, 0.15) is 5.82 Å². The van der Waals surface area contributed by atoms with Crippen molar-refractivity contribution in [3.8, 4) is 0 Å². The number of rotatable bonds is 6. The first kappa shape index (κ1) is 15.3. The molecule has 20 heavy (non-hydrogen) atoms. The van der Waals surface area contributed by atoms with Crippen LogP contribution in [0.5, 0.6) is 0 Å². The highest BCUT2D eigenvalue weighted by Crippen LogP contribution is 2.38. The zero-order valence-electron chi connectivity index (χ0n) is 12.6. The van der Waals surface area contributed by atoms with Crippen LogP contribution in [-0.4, -0.2) is 19.6 Å². The van der Waals surface area contributed by atoms with Crippen LogP contribution >= 0.6 is 0 Å². The number of halogens is 1. The Morgan fingerprint density at radius 3 is 2.60 bits per heavy atom. The molecule has 0 unspecified atom stereocenters. The predicted molar refractivity (Wildman–Crippen MR) is 83.5 cm³/mol. The Morgan fingerprint density at radius 2 is 2.00 bits per heavy atom. The van der Waals surface area contributed by atoms with Crippen LogP contribution in [0.15, 0.2) is 24.3 Å². The average molecular weight is 278 g/mol. The summed E-state index contributed by atoms with van der Waals surface area (Å²) in [6, 6.07) is 6.90. The summed E-state index contributed by atoms with van der Waals surface area (Å²) in [6.07, 6.45) is 7.60. The van der Waals surface area contributed by atoms with Crippen LogP contribution in [0.2, 0.25) is 0 Å². The smallest absolute Gasteiger partial charge is 0.125 e. The first-order chi connectivity index (χ1) is 9.69. The van der Waals surface area contributed by atoms with Crippen LogP contribution < -0.4 is 10.6 Å². The van der Waals surface area contributed by atoms with Gasteiger partial charge in [0.05, 0.1) is 0 Å². The Hall–Kier alpha value is -1.09. The largest absolute Gasteiger partial charge is 0.372 e. The van der Waals surface area contributed by atoms with Crippen LogP contribution in [0.1, 0.15) is 45.4 Å². The van der Waals surface area contributed by atoms with E-state index in [1.807, 2.05) is 6.07 Å². The van der Waals surface area contributed by atoms with Crippen molar-refractivity contribution in [2.24, 2.45) is 11.1 Å². The molecule has 2 nitrogen and oxygen atoms in total. The molecule has 112 valence electrons. The molecule has 3 heteroatoms. The van der Waals surface area contributed by atoms with Gasteiger partial charge in [0.15, 0.2) is 0 Å². The number of nitrogens with zero attached hydrogens (tertiary/aromatic N) is 1. The van der Waals surface area contributed by atoms with E-state index in [1.54, 1.807) is 12.1 Å². The summed E-state index contributed by atoms with van der Waals surface area (Å²) >= 11 is 0. The Morgan fingerprint density at radius 1 is 1.25 bits per heavy atom. The Kier molecular flexibility index (Phi) is 5.41. The molecule has 0 saturated heterocycles. The van der Waals surface area contributed by atoms with Gasteiger partial charge in [0, 0.05) is 18.8 Å². The van der Waals surface area contributed by atoms with Crippen molar-refractivity contribution in [1.29, 1.82) is 0 Å². The van der Waals surface area contributed by atoms with Gasteiger partial charge in [-0.2, -0.15) is 0 Å². The Balaban J connectivity index is 1.99. The van der Waals surface area contributed by atoms with Crippen molar-refractivity contribution >= 4 is 5.69 Å². The summed E-state index contributed by atoms with van der Waals surface area (Å²) in [6.45, 7) is 4.79. The molecule has 0 heterocycles. The summed E-state index contributed by atoms with van der Waals surface area (Å²) in [5.74, 6) is -0.160. The average Bonchev–Trinajstić information content (AvgIpc) is 2.49. The molecule has 1 saturated carbocycles. The number of nitrogens with two attached hydrogens (primary N) is 1. The minimum Gasteiger partial charge on any atom is -0.372 e. The van der Waals surface area contributed by atoms with Crippen molar-refractivity contribution in [3.05, 3.63) is 30.1 Å². The number of hydrogen-bond acceptors (Lipinski definition) is 2. The van der Waals surface area contributed by atoms with Crippen LogP contribution in [0.4, 0.5) is 10.1 Å². The topological polar surface area (TPSA) is 29.3 Å². The third-order valence-electron chi connectivity index (χ3n) is 4.81. The van der Waals surface area contributed by atoms with Gasteiger partial charge in [0.25, 0.3) is 0 Å². The van der Waals surface area contributed by atoms with Gasteiger partial charge < -0.3 is 10.6 Å². The van der Waals surface area contributed by atoms with E-state index in [-0.39, 0.29) is 5.82 Å². The molecule has 0 amide bonds. The normalized spacial score (nSPS) is 17.9. The second kappa shape index (κ2) is 7.07. The molecule has 0 atom stereocenters. The first-order valence-electron chi connectivity index (χ1n) is 7.90. The standard InChI is InChI=1S/C17H27FN2/c1-2-20(16-8-6-7-15(18)13-16)12-11-17(14-19)9-4-3-5-10-17/h6-8,13H,2-5,9-12,14,19H2,1H3. The lowest BCUT2D eigenvalue weighted by molar-refractivity contribution is 0.185. The molecule has 1 aliphatic carbocycles. The molecule has 2 rings (SSSR count). The quantitative estimate of drug-likeness (QED) is 0.853. The van der Waals surface area contributed by atoms with Gasteiger partial charge in [-0.05, 0) is 56.3 Å². The van der Waals surface area contributed by atoms with Crippen molar-refractivity contribution in [3.63, 3.8) is 0 Å². The lowest BCUT2D eigenvalue weighted by Gasteiger charge is -2.38. The van der Waals surface area contributed by atoms with E-state index in [1.165, 1.54) is 38.2 Å². The highest BCUT2D eigenvalue weighted by molar-refractivity contribution is 5.46. The lowest BCUT2D eigenvalue weighted by atomic mass is 9.72. The number of hydrogen-bond donors (Lipinski definition) is 1. The molecule has 2 N–H and O–H groups in total. The van der Waals surface area contributed by atoms with Crippen molar-refractivity contribution < 1.29 is 4.39 Å². The summed E-state index contributed by atoms with van der Waals surface area (Å²) in [5, 5.41) is 0. The van der Waals surface area contributed by atoms with E-state index < -0.39 is 0 Å². The van der Waals surface area contributed by atoms with Gasteiger partial charge in [-0.15, -0.1) is 0 Å². The van der Waals surface area contributed by atoms with Crippen LogP contribution in [-0.2, 0) is 0 Å². The maximum Gasteiger partial charge on any atom is 0.125 e. The second-order valence-electron chi connectivity index (χ2n) is 6.07. The molecule has 0 aromatic heterocycles. The number of anilines is 1. The molecule has 1 aliphatic rings. The van der Waals surface area contributed by atoms with Crippen molar-refractivity contribution in [1.82, 2.24) is 0 Å². The van der Waals surface area contributed by atoms with E-state index in [0.29, 0.717) is 5.41 Å². The highest BCUT2D eigenvalue weighted by atomic mass is 19.1. The third kappa shape index (κ3) is 3.72. The van der Waals surface area contributed by atoms with E-state index >= 15 is 0 Å². The molecule has 0 spiro atoms. The maximum atomic E-state index is 13.4. The van der Waals surface area contributed by atoms with Gasteiger partial charge >= 0.3 is 0 Å². The minimum absolute atomic E-state index is 0.160. The van der Waals surface area contributed by atoms with Crippen LogP contribution in [0.3, 0.4) is 0 Å². The SMILES string of the molecule is CCN(CCC1(CN)CCCCC1)c1cccc(F)c1. The van der Waals surface area contributed by atoms with E-state index in [9.17, 15) is 4.39 Å². The van der Waals surface area contributed by atoms with Gasteiger partial charge in [-0.25, -0.2) is 4.39 Å². The summed E-state index contributed by atoms with van der Waals surface area (Å²) in [7, 11) is 0. The highest BCUT2D eigenvalue weighted by Gasteiger charge is 2.30. The summed E-state index contributed by atoms with van der Waals surface area (Å²) in [5.41, 5.74) is 7.35. The van der Waals surface area contributed by atoms with Crippen molar-refractivity contribution in [2.75, 3.05) is 24.5 Å². The molecule has 0 aliphatic heterocycles. The van der Waals surface area contributed by atoms with Crippen molar-refractivity contribution in [2.45, 2.75) is 45.4 Å². The molecular weight excluding hydrogens is 251 g/mol. The number of benzene rings is 1. The second-order valence-corrected chi connectivity index (χ2v) is 6.07. The molecule has 0 radical (unpaired) electrons. The van der Waals surface area contributed by atoms with Crippen LogP contribution in [0.25, 0.3) is 0 Å². The van der Waals surface area contributed by atoms with Crippen LogP contribution in [0, 0.1) is 11.2 Å². The molecular formula is C17H27FN2.